The Labute approximate surface area is 93.6 Å². The van der Waals surface area contributed by atoms with Crippen LogP contribution in [-0.4, -0.2) is 49.3 Å². The molecule has 0 bridgehead atoms. The predicted octanol–water partition coefficient (Wildman–Crippen LogP) is 0.191. The van der Waals surface area contributed by atoms with Gasteiger partial charge in [0, 0.05) is 33.4 Å². The van der Waals surface area contributed by atoms with Gasteiger partial charge < -0.3 is 24.3 Å². The number of hydrogen-bond donors (Lipinski definition) is 2. The zero-order chi connectivity index (χ0) is 11.7. The molecule has 15 heavy (non-hydrogen) atoms. The third-order valence-electron chi connectivity index (χ3n) is 2.36. The second-order valence-electron chi connectivity index (χ2n) is 3.50. The normalized spacial score (nSPS) is 14.2. The van der Waals surface area contributed by atoms with Crippen molar-refractivity contribution < 1.29 is 13.3 Å². The summed E-state index contributed by atoms with van der Waals surface area (Å²) in [5.74, 6) is 0. The van der Waals surface area contributed by atoms with Gasteiger partial charge in [0.15, 0.2) is 0 Å². The van der Waals surface area contributed by atoms with Crippen LogP contribution in [0.5, 0.6) is 0 Å². The van der Waals surface area contributed by atoms with Gasteiger partial charge in [-0.3, -0.25) is 0 Å². The summed E-state index contributed by atoms with van der Waals surface area (Å²) in [4.78, 5) is 0. The highest BCUT2D eigenvalue weighted by molar-refractivity contribution is 6.60. The minimum absolute atomic E-state index is 0.308. The van der Waals surface area contributed by atoms with Crippen molar-refractivity contribution in [1.29, 1.82) is 0 Å². The fraction of sp³-hybridized carbons (Fsp3) is 1.00. The first-order valence-electron chi connectivity index (χ1n) is 5.23. The fourth-order valence-electron chi connectivity index (χ4n) is 1.40. The zero-order valence-electron chi connectivity index (χ0n) is 10.2. The summed E-state index contributed by atoms with van der Waals surface area (Å²) in [6.07, 6.45) is 0.978. The van der Waals surface area contributed by atoms with E-state index in [9.17, 15) is 0 Å². The van der Waals surface area contributed by atoms with Gasteiger partial charge in [-0.15, -0.1) is 0 Å². The highest BCUT2D eigenvalue weighted by atomic mass is 28.4. The van der Waals surface area contributed by atoms with Crippen LogP contribution in [0.2, 0.25) is 6.04 Å². The molecule has 92 valence electrons. The van der Waals surface area contributed by atoms with Crippen LogP contribution in [-0.2, 0) is 13.3 Å². The number of hydrogen-bond acceptors (Lipinski definition) is 5. The van der Waals surface area contributed by atoms with E-state index in [0.29, 0.717) is 12.6 Å². The van der Waals surface area contributed by atoms with Gasteiger partial charge in [0.1, 0.15) is 0 Å². The first-order valence-corrected chi connectivity index (χ1v) is 7.16. The van der Waals surface area contributed by atoms with Crippen molar-refractivity contribution in [3.63, 3.8) is 0 Å². The molecule has 0 aromatic carbocycles. The summed E-state index contributed by atoms with van der Waals surface area (Å²) in [5.41, 5.74) is 5.42. The van der Waals surface area contributed by atoms with Crippen molar-refractivity contribution in [3.8, 4) is 0 Å². The third-order valence-corrected chi connectivity index (χ3v) is 5.34. The summed E-state index contributed by atoms with van der Waals surface area (Å²) < 4.78 is 16.0. The summed E-state index contributed by atoms with van der Waals surface area (Å²) in [5, 5.41) is 3.36. The van der Waals surface area contributed by atoms with Crippen LogP contribution in [0, 0.1) is 0 Å². The van der Waals surface area contributed by atoms with Gasteiger partial charge in [-0.05, 0) is 26.4 Å². The Morgan fingerprint density at radius 2 is 1.73 bits per heavy atom. The molecule has 5 nitrogen and oxygen atoms in total. The molecule has 0 saturated carbocycles. The Kier molecular flexibility index (Phi) is 8.21. The molecule has 6 heteroatoms. The lowest BCUT2D eigenvalue weighted by Crippen LogP contribution is -2.48. The van der Waals surface area contributed by atoms with Crippen molar-refractivity contribution in [2.45, 2.75) is 25.4 Å². The van der Waals surface area contributed by atoms with Gasteiger partial charge >= 0.3 is 8.80 Å². The van der Waals surface area contributed by atoms with Crippen LogP contribution in [0.25, 0.3) is 0 Å². The van der Waals surface area contributed by atoms with Crippen molar-refractivity contribution in [2.75, 3.05) is 34.4 Å². The maximum Gasteiger partial charge on any atom is 0.501 e. The van der Waals surface area contributed by atoms with E-state index in [0.717, 1.165) is 19.0 Å². The maximum atomic E-state index is 5.42. The van der Waals surface area contributed by atoms with Gasteiger partial charge in [0.05, 0.1) is 0 Å². The molecule has 0 aliphatic carbocycles. The summed E-state index contributed by atoms with van der Waals surface area (Å²) in [6, 6.07) is 1.07. The lowest BCUT2D eigenvalue weighted by atomic mass is 10.3. The quantitative estimate of drug-likeness (QED) is 0.442. The van der Waals surface area contributed by atoms with E-state index in [4.69, 9.17) is 19.0 Å². The minimum atomic E-state index is -2.43. The molecule has 0 spiro atoms. The second kappa shape index (κ2) is 8.20. The third kappa shape index (κ3) is 5.60. The molecule has 0 saturated heterocycles. The van der Waals surface area contributed by atoms with E-state index in [2.05, 4.69) is 12.2 Å². The molecule has 0 aromatic heterocycles. The topological polar surface area (TPSA) is 65.7 Å². The Morgan fingerprint density at radius 1 is 1.20 bits per heavy atom. The SMILES string of the molecule is CO[Si](CC(C)NCCCN)(OC)OC. The van der Waals surface area contributed by atoms with Crippen molar-refractivity contribution in [3.05, 3.63) is 0 Å². The van der Waals surface area contributed by atoms with Gasteiger partial charge in [0.25, 0.3) is 0 Å². The van der Waals surface area contributed by atoms with E-state index in [1.165, 1.54) is 0 Å². The van der Waals surface area contributed by atoms with E-state index >= 15 is 0 Å². The zero-order valence-corrected chi connectivity index (χ0v) is 11.2. The van der Waals surface area contributed by atoms with Crippen LogP contribution in [0.3, 0.4) is 0 Å². The molecule has 0 aliphatic rings. The van der Waals surface area contributed by atoms with E-state index in [1.54, 1.807) is 21.3 Å². The Hall–Kier alpha value is 0.0169. The summed E-state index contributed by atoms with van der Waals surface area (Å²) in [6.45, 7) is 3.72. The second-order valence-corrected chi connectivity index (χ2v) is 6.50. The first-order chi connectivity index (χ1) is 7.14. The Bertz CT molecular complexity index is 148. The van der Waals surface area contributed by atoms with Gasteiger partial charge in [-0.1, -0.05) is 0 Å². The molecule has 0 fully saturated rings. The molecule has 0 amide bonds. The van der Waals surface area contributed by atoms with Crippen molar-refractivity contribution >= 4 is 8.80 Å². The minimum Gasteiger partial charge on any atom is -0.377 e. The Balaban J connectivity index is 3.94. The lowest BCUT2D eigenvalue weighted by Gasteiger charge is -2.27. The van der Waals surface area contributed by atoms with E-state index in [-0.39, 0.29) is 0 Å². The monoisotopic (exact) mass is 236 g/mol. The smallest absolute Gasteiger partial charge is 0.377 e. The van der Waals surface area contributed by atoms with Crippen LogP contribution >= 0.6 is 0 Å². The van der Waals surface area contributed by atoms with Crippen molar-refractivity contribution in [1.82, 2.24) is 5.32 Å². The molecule has 0 heterocycles. The number of nitrogens with two attached hydrogens (primary N) is 1. The molecular weight excluding hydrogens is 212 g/mol. The van der Waals surface area contributed by atoms with Gasteiger partial charge in [-0.2, -0.15) is 0 Å². The maximum absolute atomic E-state index is 5.42. The van der Waals surface area contributed by atoms with Crippen LogP contribution < -0.4 is 11.1 Å². The summed E-state index contributed by atoms with van der Waals surface area (Å²) >= 11 is 0. The highest BCUT2D eigenvalue weighted by Gasteiger charge is 2.39. The molecule has 0 aliphatic heterocycles. The predicted molar refractivity (Wildman–Crippen MR) is 62.7 cm³/mol. The molecule has 0 rings (SSSR count). The number of nitrogens with one attached hydrogen (secondary N) is 1. The molecule has 3 N–H and O–H groups in total. The van der Waals surface area contributed by atoms with Crippen molar-refractivity contribution in [2.24, 2.45) is 5.73 Å². The van der Waals surface area contributed by atoms with Gasteiger partial charge in [0.2, 0.25) is 0 Å². The average molecular weight is 236 g/mol. The van der Waals surface area contributed by atoms with Crippen LogP contribution in [0.4, 0.5) is 0 Å². The lowest BCUT2D eigenvalue weighted by molar-refractivity contribution is 0.120. The molecule has 0 aromatic rings. The largest absolute Gasteiger partial charge is 0.501 e. The fourth-order valence-corrected chi connectivity index (χ4v) is 3.29. The van der Waals surface area contributed by atoms with E-state index < -0.39 is 8.80 Å². The molecule has 0 radical (unpaired) electrons. The average Bonchev–Trinajstić information content (AvgIpc) is 2.26. The van der Waals surface area contributed by atoms with Gasteiger partial charge in [-0.25, -0.2) is 0 Å². The number of rotatable bonds is 9. The highest BCUT2D eigenvalue weighted by Crippen LogP contribution is 2.14. The summed E-state index contributed by atoms with van der Waals surface area (Å²) in [7, 11) is 2.46. The molecule has 1 atom stereocenters. The first kappa shape index (κ1) is 15.0. The van der Waals surface area contributed by atoms with E-state index in [1.807, 2.05) is 0 Å². The Morgan fingerprint density at radius 3 is 2.13 bits per heavy atom. The van der Waals surface area contributed by atoms with Crippen LogP contribution in [0.15, 0.2) is 0 Å². The molecule has 1 unspecified atom stereocenters. The molecular formula is C9H24N2O3Si. The standard InChI is InChI=1S/C9H24N2O3Si/c1-9(11-7-5-6-10)8-15(12-2,13-3)14-4/h9,11H,5-8,10H2,1-4H3. The van der Waals surface area contributed by atoms with Crippen LogP contribution in [0.1, 0.15) is 13.3 Å².